The van der Waals surface area contributed by atoms with Crippen LogP contribution in [0.3, 0.4) is 0 Å². The Balaban J connectivity index is 2.25. The van der Waals surface area contributed by atoms with Crippen LogP contribution >= 0.6 is 0 Å². The number of aromatic nitrogens is 3. The van der Waals surface area contributed by atoms with Crippen molar-refractivity contribution in [2.24, 2.45) is 0 Å². The highest BCUT2D eigenvalue weighted by Gasteiger charge is 2.18. The molecule has 114 valence electrons. The molecule has 0 aliphatic heterocycles. The molecule has 1 aromatic heterocycles. The van der Waals surface area contributed by atoms with Crippen molar-refractivity contribution in [2.45, 2.75) is 39.3 Å². The minimum Gasteiger partial charge on any atom is -0.496 e. The molecule has 0 saturated carbocycles. The summed E-state index contributed by atoms with van der Waals surface area (Å²) in [6.45, 7) is 5.11. The number of hydrogen-bond acceptors (Lipinski definition) is 4. The van der Waals surface area contributed by atoms with Crippen molar-refractivity contribution >= 4 is 0 Å². The van der Waals surface area contributed by atoms with Gasteiger partial charge in [-0.2, -0.15) is 5.10 Å². The summed E-state index contributed by atoms with van der Waals surface area (Å²) in [5.41, 5.74) is 2.34. The molecule has 1 heterocycles. The van der Waals surface area contributed by atoms with Gasteiger partial charge < -0.3 is 10.1 Å². The van der Waals surface area contributed by atoms with E-state index >= 15 is 0 Å². The lowest BCUT2D eigenvalue weighted by atomic mass is 10.0. The first-order chi connectivity index (χ1) is 10.2. The lowest BCUT2D eigenvalue weighted by molar-refractivity contribution is 0.399. The first kappa shape index (κ1) is 15.5. The van der Waals surface area contributed by atoms with Gasteiger partial charge in [-0.15, -0.1) is 0 Å². The second kappa shape index (κ2) is 7.22. The van der Waals surface area contributed by atoms with Gasteiger partial charge in [-0.3, -0.25) is 4.68 Å². The lowest BCUT2D eigenvalue weighted by Gasteiger charge is -2.19. The Hall–Kier alpha value is -1.88. The fraction of sp³-hybridized carbons (Fsp3) is 0.500. The average Bonchev–Trinajstić information content (AvgIpc) is 2.92. The maximum atomic E-state index is 5.52. The fourth-order valence-electron chi connectivity index (χ4n) is 2.50. The van der Waals surface area contributed by atoms with E-state index in [1.807, 2.05) is 11.7 Å². The van der Waals surface area contributed by atoms with E-state index in [-0.39, 0.29) is 6.04 Å². The summed E-state index contributed by atoms with van der Waals surface area (Å²) in [4.78, 5) is 4.39. The molecule has 1 N–H and O–H groups in total. The van der Waals surface area contributed by atoms with Gasteiger partial charge in [-0.05, 0) is 32.0 Å². The van der Waals surface area contributed by atoms with Crippen molar-refractivity contribution in [3.8, 4) is 5.75 Å². The number of rotatable bonds is 7. The summed E-state index contributed by atoms with van der Waals surface area (Å²) in [7, 11) is 3.68. The highest BCUT2D eigenvalue weighted by molar-refractivity contribution is 5.39. The van der Waals surface area contributed by atoms with Crippen LogP contribution in [0.1, 0.15) is 36.3 Å². The molecule has 21 heavy (non-hydrogen) atoms. The van der Waals surface area contributed by atoms with Crippen LogP contribution in [0.2, 0.25) is 0 Å². The number of likely N-dealkylation sites (N-methyl/N-ethyl adjacent to an activating group) is 1. The number of methoxy groups -OCH3 is 1. The molecule has 0 aliphatic carbocycles. The van der Waals surface area contributed by atoms with Gasteiger partial charge in [0.15, 0.2) is 0 Å². The molecule has 5 heteroatoms. The summed E-state index contributed by atoms with van der Waals surface area (Å²) >= 11 is 0. The minimum atomic E-state index is 0.153. The third kappa shape index (κ3) is 3.61. The van der Waals surface area contributed by atoms with Gasteiger partial charge in [0.05, 0.1) is 7.11 Å². The SMILES string of the molecule is CCCn1ncnc1CC(NC)c1ccc(C)cc1OC. The van der Waals surface area contributed by atoms with Gasteiger partial charge in [-0.1, -0.05) is 19.1 Å². The van der Waals surface area contributed by atoms with Crippen molar-refractivity contribution in [3.63, 3.8) is 0 Å². The quantitative estimate of drug-likeness (QED) is 0.850. The summed E-state index contributed by atoms with van der Waals surface area (Å²) in [6, 6.07) is 6.45. The molecule has 0 fully saturated rings. The molecule has 2 rings (SSSR count). The monoisotopic (exact) mass is 288 g/mol. The summed E-state index contributed by atoms with van der Waals surface area (Å²) in [5.74, 6) is 1.91. The highest BCUT2D eigenvalue weighted by Crippen LogP contribution is 2.28. The van der Waals surface area contributed by atoms with Crippen LogP contribution in [-0.4, -0.2) is 28.9 Å². The molecule has 1 aromatic carbocycles. The zero-order chi connectivity index (χ0) is 15.2. The number of aryl methyl sites for hydroxylation is 2. The van der Waals surface area contributed by atoms with Crippen molar-refractivity contribution < 1.29 is 4.74 Å². The van der Waals surface area contributed by atoms with Crippen molar-refractivity contribution in [2.75, 3.05) is 14.2 Å². The molecule has 1 atom stereocenters. The van der Waals surface area contributed by atoms with E-state index in [0.717, 1.165) is 36.5 Å². The van der Waals surface area contributed by atoms with Gasteiger partial charge in [0.25, 0.3) is 0 Å². The standard InChI is InChI=1S/C16H24N4O/c1-5-8-20-16(18-11-19-20)10-14(17-3)13-7-6-12(2)9-15(13)21-4/h6-7,9,11,14,17H,5,8,10H2,1-4H3. The largest absolute Gasteiger partial charge is 0.496 e. The number of hydrogen-bond donors (Lipinski definition) is 1. The highest BCUT2D eigenvalue weighted by atomic mass is 16.5. The average molecular weight is 288 g/mol. The maximum absolute atomic E-state index is 5.52. The summed E-state index contributed by atoms with van der Waals surface area (Å²) < 4.78 is 7.50. The summed E-state index contributed by atoms with van der Waals surface area (Å²) in [6.07, 6.45) is 3.47. The zero-order valence-corrected chi connectivity index (χ0v) is 13.3. The van der Waals surface area contributed by atoms with E-state index in [1.165, 1.54) is 5.56 Å². The molecular weight excluding hydrogens is 264 g/mol. The van der Waals surface area contributed by atoms with Crippen LogP contribution in [-0.2, 0) is 13.0 Å². The van der Waals surface area contributed by atoms with Crippen LogP contribution in [0.4, 0.5) is 0 Å². The van der Waals surface area contributed by atoms with E-state index in [2.05, 4.69) is 47.4 Å². The molecule has 0 bridgehead atoms. The Morgan fingerprint density at radius 1 is 1.38 bits per heavy atom. The van der Waals surface area contributed by atoms with Gasteiger partial charge >= 0.3 is 0 Å². The Morgan fingerprint density at radius 2 is 2.19 bits per heavy atom. The van der Waals surface area contributed by atoms with Crippen molar-refractivity contribution in [3.05, 3.63) is 41.5 Å². The second-order valence-corrected chi connectivity index (χ2v) is 5.19. The maximum Gasteiger partial charge on any atom is 0.138 e. The van der Waals surface area contributed by atoms with Crippen molar-refractivity contribution in [1.29, 1.82) is 0 Å². The van der Waals surface area contributed by atoms with E-state index < -0.39 is 0 Å². The Morgan fingerprint density at radius 3 is 2.86 bits per heavy atom. The number of nitrogens with one attached hydrogen (secondary N) is 1. The first-order valence-corrected chi connectivity index (χ1v) is 7.38. The topological polar surface area (TPSA) is 52.0 Å². The predicted octanol–water partition coefficient (Wildman–Crippen LogP) is 2.51. The third-order valence-corrected chi connectivity index (χ3v) is 3.63. The van der Waals surface area contributed by atoms with Crippen molar-refractivity contribution in [1.82, 2.24) is 20.1 Å². The van der Waals surface area contributed by atoms with E-state index in [4.69, 9.17) is 4.74 Å². The van der Waals surface area contributed by atoms with Crippen LogP contribution in [0.15, 0.2) is 24.5 Å². The van der Waals surface area contributed by atoms with Crippen LogP contribution in [0.5, 0.6) is 5.75 Å². The van der Waals surface area contributed by atoms with Gasteiger partial charge in [-0.25, -0.2) is 4.98 Å². The second-order valence-electron chi connectivity index (χ2n) is 5.19. The van der Waals surface area contributed by atoms with Crippen LogP contribution < -0.4 is 10.1 Å². The lowest BCUT2D eigenvalue weighted by Crippen LogP contribution is -2.22. The molecule has 2 aromatic rings. The molecular formula is C16H24N4O. The Bertz CT molecular complexity index is 579. The first-order valence-electron chi connectivity index (χ1n) is 7.38. The van der Waals surface area contributed by atoms with Crippen LogP contribution in [0.25, 0.3) is 0 Å². The predicted molar refractivity (Wildman–Crippen MR) is 83.5 cm³/mol. The fourth-order valence-corrected chi connectivity index (χ4v) is 2.50. The summed E-state index contributed by atoms with van der Waals surface area (Å²) in [5, 5.41) is 7.65. The molecule has 0 spiro atoms. The van der Waals surface area contributed by atoms with E-state index in [9.17, 15) is 0 Å². The smallest absolute Gasteiger partial charge is 0.138 e. The normalized spacial score (nSPS) is 12.4. The Kier molecular flexibility index (Phi) is 5.33. The molecule has 0 amide bonds. The molecule has 0 saturated heterocycles. The zero-order valence-electron chi connectivity index (χ0n) is 13.3. The van der Waals surface area contributed by atoms with E-state index in [1.54, 1.807) is 13.4 Å². The van der Waals surface area contributed by atoms with Gasteiger partial charge in [0.1, 0.15) is 17.9 Å². The number of ether oxygens (including phenoxy) is 1. The molecule has 0 radical (unpaired) electrons. The number of benzene rings is 1. The Labute approximate surface area is 126 Å². The van der Waals surface area contributed by atoms with Crippen LogP contribution in [0, 0.1) is 6.92 Å². The van der Waals surface area contributed by atoms with E-state index in [0.29, 0.717) is 0 Å². The number of nitrogens with zero attached hydrogens (tertiary/aromatic N) is 3. The molecule has 1 unspecified atom stereocenters. The molecule has 0 aliphatic rings. The van der Waals surface area contributed by atoms with Gasteiger partial charge in [0, 0.05) is 24.6 Å². The van der Waals surface area contributed by atoms with Gasteiger partial charge in [0.2, 0.25) is 0 Å². The molecule has 5 nitrogen and oxygen atoms in total. The minimum absolute atomic E-state index is 0.153. The third-order valence-electron chi connectivity index (χ3n) is 3.63.